The van der Waals surface area contributed by atoms with E-state index in [2.05, 4.69) is 11.9 Å². The zero-order chi connectivity index (χ0) is 14.0. The zero-order valence-corrected chi connectivity index (χ0v) is 11.9. The fourth-order valence-electron chi connectivity index (χ4n) is 1.65. The number of thiocarbonyl (C=S) groups is 1. The van der Waals surface area contributed by atoms with Crippen molar-refractivity contribution in [3.05, 3.63) is 40.1 Å². The van der Waals surface area contributed by atoms with E-state index in [1.165, 1.54) is 16.2 Å². The van der Waals surface area contributed by atoms with Crippen molar-refractivity contribution in [1.82, 2.24) is 10.2 Å². The van der Waals surface area contributed by atoms with Crippen LogP contribution in [0, 0.1) is 6.92 Å². The highest BCUT2D eigenvalue weighted by atomic mass is 32.1. The largest absolute Gasteiger partial charge is 0.298 e. The molecule has 1 aromatic heterocycles. The Morgan fingerprint density at radius 2 is 2.26 bits per heavy atom. The van der Waals surface area contributed by atoms with E-state index in [4.69, 9.17) is 12.2 Å². The van der Waals surface area contributed by atoms with Gasteiger partial charge in [0.2, 0.25) is 0 Å². The molecule has 1 aromatic rings. The lowest BCUT2D eigenvalue weighted by molar-refractivity contribution is -0.128. The van der Waals surface area contributed by atoms with E-state index >= 15 is 0 Å². The van der Waals surface area contributed by atoms with E-state index in [0.717, 1.165) is 10.4 Å². The molecule has 2 amide bonds. The molecule has 0 bridgehead atoms. The predicted octanol–water partition coefficient (Wildman–Crippen LogP) is 1.87. The van der Waals surface area contributed by atoms with Crippen molar-refractivity contribution in [2.24, 2.45) is 0 Å². The van der Waals surface area contributed by atoms with Crippen LogP contribution in [0.1, 0.15) is 10.4 Å². The summed E-state index contributed by atoms with van der Waals surface area (Å²) in [5.74, 6) is -0.843. The molecule has 1 N–H and O–H groups in total. The number of amides is 2. The van der Waals surface area contributed by atoms with Gasteiger partial charge in [-0.2, -0.15) is 0 Å². The van der Waals surface area contributed by atoms with Crippen LogP contribution in [0.25, 0.3) is 6.08 Å². The maximum atomic E-state index is 12.2. The molecule has 0 unspecified atom stereocenters. The predicted molar refractivity (Wildman–Crippen MR) is 79.7 cm³/mol. The summed E-state index contributed by atoms with van der Waals surface area (Å²) in [6.07, 6.45) is 3.17. The Bertz CT molecular complexity index is 602. The van der Waals surface area contributed by atoms with E-state index in [0.29, 0.717) is 0 Å². The Labute approximate surface area is 120 Å². The Morgan fingerprint density at radius 1 is 1.53 bits per heavy atom. The van der Waals surface area contributed by atoms with Gasteiger partial charge in [0.05, 0.1) is 0 Å². The Kier molecular flexibility index (Phi) is 3.92. The van der Waals surface area contributed by atoms with E-state index < -0.39 is 5.91 Å². The SMILES string of the molecule is C=CCN1C(=O)/C(=C/c2sccc2C)C(=O)NC1=S. The van der Waals surface area contributed by atoms with Gasteiger partial charge in [0.15, 0.2) is 5.11 Å². The number of thiophene rings is 1. The van der Waals surface area contributed by atoms with E-state index in [9.17, 15) is 9.59 Å². The number of hydrogen-bond acceptors (Lipinski definition) is 4. The van der Waals surface area contributed by atoms with Crippen LogP contribution in [0.2, 0.25) is 0 Å². The van der Waals surface area contributed by atoms with Crippen LogP contribution in [0.15, 0.2) is 29.7 Å². The summed E-state index contributed by atoms with van der Waals surface area (Å²) in [4.78, 5) is 26.3. The summed E-state index contributed by atoms with van der Waals surface area (Å²) in [5.41, 5.74) is 1.13. The van der Waals surface area contributed by atoms with Crippen molar-refractivity contribution in [3.8, 4) is 0 Å². The topological polar surface area (TPSA) is 49.4 Å². The summed E-state index contributed by atoms with van der Waals surface area (Å²) in [6, 6.07) is 1.94. The first-order chi connectivity index (χ1) is 9.04. The Morgan fingerprint density at radius 3 is 2.84 bits per heavy atom. The van der Waals surface area contributed by atoms with Gasteiger partial charge in [0.25, 0.3) is 11.8 Å². The average Bonchev–Trinajstić information content (AvgIpc) is 2.76. The van der Waals surface area contributed by atoms with Gasteiger partial charge in [0.1, 0.15) is 5.57 Å². The number of nitrogens with zero attached hydrogens (tertiary/aromatic N) is 1. The molecule has 0 aliphatic carbocycles. The smallest absolute Gasteiger partial charge is 0.265 e. The molecule has 0 radical (unpaired) electrons. The molecule has 0 atom stereocenters. The second-order valence-electron chi connectivity index (χ2n) is 3.99. The quantitative estimate of drug-likeness (QED) is 0.400. The molecular weight excluding hydrogens is 280 g/mol. The van der Waals surface area contributed by atoms with Crippen LogP contribution in [0.5, 0.6) is 0 Å². The molecule has 0 saturated carbocycles. The van der Waals surface area contributed by atoms with E-state index in [-0.39, 0.29) is 23.1 Å². The van der Waals surface area contributed by atoms with Crippen LogP contribution in [0.3, 0.4) is 0 Å². The fourth-order valence-corrected chi connectivity index (χ4v) is 2.76. The highest BCUT2D eigenvalue weighted by molar-refractivity contribution is 7.80. The number of aryl methyl sites for hydroxylation is 1. The second kappa shape index (κ2) is 5.46. The highest BCUT2D eigenvalue weighted by Crippen LogP contribution is 2.21. The summed E-state index contributed by atoms with van der Waals surface area (Å²) in [5, 5.41) is 4.55. The molecule has 1 fully saturated rings. The summed E-state index contributed by atoms with van der Waals surface area (Å²) in [7, 11) is 0. The number of carbonyl (C=O) groups is 2. The number of carbonyl (C=O) groups excluding carboxylic acids is 2. The molecule has 2 heterocycles. The first-order valence-electron chi connectivity index (χ1n) is 5.58. The first kappa shape index (κ1) is 13.6. The molecular formula is C13H12N2O2S2. The van der Waals surface area contributed by atoms with Gasteiger partial charge >= 0.3 is 0 Å². The normalized spacial score (nSPS) is 17.8. The van der Waals surface area contributed by atoms with Crippen molar-refractivity contribution in [1.29, 1.82) is 0 Å². The average molecular weight is 292 g/mol. The number of rotatable bonds is 3. The lowest BCUT2D eigenvalue weighted by Crippen LogP contribution is -2.53. The van der Waals surface area contributed by atoms with Crippen molar-refractivity contribution in [2.45, 2.75) is 6.92 Å². The molecule has 19 heavy (non-hydrogen) atoms. The van der Waals surface area contributed by atoms with Gasteiger partial charge in [-0.1, -0.05) is 6.08 Å². The van der Waals surface area contributed by atoms with Gasteiger partial charge in [-0.3, -0.25) is 19.8 Å². The molecule has 2 rings (SSSR count). The van der Waals surface area contributed by atoms with Crippen molar-refractivity contribution >= 4 is 46.6 Å². The molecule has 1 aliphatic rings. The molecule has 6 heteroatoms. The molecule has 0 aromatic carbocycles. The molecule has 98 valence electrons. The van der Waals surface area contributed by atoms with Crippen LogP contribution < -0.4 is 5.32 Å². The lowest BCUT2D eigenvalue weighted by Gasteiger charge is -2.27. The zero-order valence-electron chi connectivity index (χ0n) is 10.3. The highest BCUT2D eigenvalue weighted by Gasteiger charge is 2.32. The van der Waals surface area contributed by atoms with E-state index in [1.54, 1.807) is 12.2 Å². The number of hydrogen-bond donors (Lipinski definition) is 1. The molecule has 4 nitrogen and oxygen atoms in total. The van der Waals surface area contributed by atoms with Gasteiger partial charge in [-0.05, 0) is 42.2 Å². The van der Waals surface area contributed by atoms with E-state index in [1.807, 2.05) is 18.4 Å². The molecule has 1 aliphatic heterocycles. The van der Waals surface area contributed by atoms with Crippen LogP contribution in [-0.4, -0.2) is 28.4 Å². The van der Waals surface area contributed by atoms with Crippen LogP contribution >= 0.6 is 23.6 Å². The Hall–Kier alpha value is -1.79. The van der Waals surface area contributed by atoms with Crippen molar-refractivity contribution in [3.63, 3.8) is 0 Å². The maximum absolute atomic E-state index is 12.2. The summed E-state index contributed by atoms with van der Waals surface area (Å²) in [6.45, 7) is 5.78. The minimum Gasteiger partial charge on any atom is -0.298 e. The molecule has 0 spiro atoms. The molecule has 1 saturated heterocycles. The standard InChI is InChI=1S/C13H12N2O2S2/c1-3-5-15-12(17)9(11(16)14-13(15)18)7-10-8(2)4-6-19-10/h3-4,6-7H,1,5H2,2H3,(H,14,16,18)/b9-7+. The monoisotopic (exact) mass is 292 g/mol. The van der Waals surface area contributed by atoms with Gasteiger partial charge in [0, 0.05) is 11.4 Å². The Balaban J connectivity index is 2.39. The maximum Gasteiger partial charge on any atom is 0.265 e. The number of nitrogens with one attached hydrogen (secondary N) is 1. The van der Waals surface area contributed by atoms with Gasteiger partial charge in [-0.15, -0.1) is 17.9 Å². The third-order valence-electron chi connectivity index (χ3n) is 2.67. The van der Waals surface area contributed by atoms with Crippen LogP contribution in [0.4, 0.5) is 0 Å². The minimum atomic E-state index is -0.455. The lowest BCUT2D eigenvalue weighted by atomic mass is 10.1. The second-order valence-corrected chi connectivity index (χ2v) is 5.32. The van der Waals surface area contributed by atoms with Gasteiger partial charge in [-0.25, -0.2) is 0 Å². The summed E-state index contributed by atoms with van der Waals surface area (Å²) < 4.78 is 0. The third-order valence-corrected chi connectivity index (χ3v) is 3.96. The van der Waals surface area contributed by atoms with Crippen molar-refractivity contribution < 1.29 is 9.59 Å². The fraction of sp³-hybridized carbons (Fsp3) is 0.154. The van der Waals surface area contributed by atoms with Crippen LogP contribution in [-0.2, 0) is 9.59 Å². The minimum absolute atomic E-state index is 0.0981. The van der Waals surface area contributed by atoms with Gasteiger partial charge < -0.3 is 0 Å². The van der Waals surface area contributed by atoms with Crippen molar-refractivity contribution in [2.75, 3.05) is 6.54 Å². The third kappa shape index (κ3) is 2.64. The first-order valence-corrected chi connectivity index (χ1v) is 6.87. The summed E-state index contributed by atoms with van der Waals surface area (Å²) >= 11 is 6.46.